The van der Waals surface area contributed by atoms with Crippen molar-refractivity contribution < 1.29 is 0 Å². The summed E-state index contributed by atoms with van der Waals surface area (Å²) in [5.74, 6) is 1.43. The van der Waals surface area contributed by atoms with E-state index in [-0.39, 0.29) is 0 Å². The van der Waals surface area contributed by atoms with E-state index in [9.17, 15) is 0 Å². The number of halogens is 1. The predicted octanol–water partition coefficient (Wildman–Crippen LogP) is 4.47. The maximum Gasteiger partial charge on any atom is 0.134 e. The molecule has 2 nitrogen and oxygen atoms in total. The lowest BCUT2D eigenvalue weighted by atomic mass is 10.2. The van der Waals surface area contributed by atoms with Gasteiger partial charge in [0.1, 0.15) is 16.0 Å². The molecule has 1 fully saturated rings. The summed E-state index contributed by atoms with van der Waals surface area (Å²) < 4.78 is 0. The van der Waals surface area contributed by atoms with Crippen LogP contribution in [0.3, 0.4) is 0 Å². The van der Waals surface area contributed by atoms with E-state index in [1.54, 1.807) is 11.8 Å². The molecule has 0 atom stereocenters. The topological polar surface area (TPSA) is 25.8 Å². The van der Waals surface area contributed by atoms with Gasteiger partial charge < -0.3 is 0 Å². The highest BCUT2D eigenvalue weighted by molar-refractivity contribution is 7.99. The van der Waals surface area contributed by atoms with Gasteiger partial charge in [-0.3, -0.25) is 0 Å². The van der Waals surface area contributed by atoms with E-state index in [1.165, 1.54) is 23.3 Å². The standard InChI is InChI=1S/C14H13ClN2S/c1-9-2-6-11(7-3-9)18-13-8-12(15)16-14(17-13)10-4-5-10/h2-3,6-8,10H,4-5H2,1H3. The summed E-state index contributed by atoms with van der Waals surface area (Å²) in [6, 6.07) is 10.2. The van der Waals surface area contributed by atoms with Crippen LogP contribution in [0.1, 0.15) is 30.1 Å². The molecule has 2 aromatic rings. The van der Waals surface area contributed by atoms with Crippen LogP contribution in [-0.4, -0.2) is 9.97 Å². The largest absolute Gasteiger partial charge is 0.226 e. The monoisotopic (exact) mass is 276 g/mol. The van der Waals surface area contributed by atoms with Crippen molar-refractivity contribution >= 4 is 23.4 Å². The Hall–Kier alpha value is -1.06. The molecular formula is C14H13ClN2S. The molecule has 0 N–H and O–H groups in total. The third kappa shape index (κ3) is 2.85. The van der Waals surface area contributed by atoms with Gasteiger partial charge in [0.2, 0.25) is 0 Å². The van der Waals surface area contributed by atoms with E-state index in [1.807, 2.05) is 6.07 Å². The number of benzene rings is 1. The van der Waals surface area contributed by atoms with Gasteiger partial charge in [-0.05, 0) is 31.9 Å². The molecule has 0 radical (unpaired) electrons. The van der Waals surface area contributed by atoms with Crippen molar-refractivity contribution in [1.29, 1.82) is 0 Å². The summed E-state index contributed by atoms with van der Waals surface area (Å²) in [6.45, 7) is 2.08. The Balaban J connectivity index is 1.85. The molecule has 18 heavy (non-hydrogen) atoms. The molecule has 0 spiro atoms. The Bertz CT molecular complexity index is 565. The molecule has 1 saturated carbocycles. The van der Waals surface area contributed by atoms with Crippen molar-refractivity contribution in [2.45, 2.75) is 35.6 Å². The lowest BCUT2D eigenvalue weighted by Gasteiger charge is -2.04. The van der Waals surface area contributed by atoms with Crippen LogP contribution < -0.4 is 0 Å². The first kappa shape index (κ1) is 12.0. The van der Waals surface area contributed by atoms with Crippen molar-refractivity contribution in [3.8, 4) is 0 Å². The Kier molecular flexibility index (Phi) is 3.27. The average Bonchev–Trinajstić information content (AvgIpc) is 3.15. The third-order valence-corrected chi connectivity index (χ3v) is 3.99. The van der Waals surface area contributed by atoms with Gasteiger partial charge in [-0.1, -0.05) is 41.1 Å². The van der Waals surface area contributed by atoms with Crippen LogP contribution in [0.5, 0.6) is 0 Å². The highest BCUT2D eigenvalue weighted by Crippen LogP contribution is 2.39. The normalized spacial score (nSPS) is 14.8. The maximum absolute atomic E-state index is 6.05. The van der Waals surface area contributed by atoms with Crippen LogP contribution >= 0.6 is 23.4 Å². The molecule has 0 amide bonds. The molecule has 1 aliphatic rings. The second-order valence-corrected chi connectivity index (χ2v) is 6.06. The van der Waals surface area contributed by atoms with Gasteiger partial charge in [0.15, 0.2) is 0 Å². The molecule has 3 rings (SSSR count). The SMILES string of the molecule is Cc1ccc(Sc2cc(Cl)nc(C3CC3)n2)cc1. The first-order chi connectivity index (χ1) is 8.70. The Morgan fingerprint density at radius 2 is 1.89 bits per heavy atom. The molecule has 1 heterocycles. The fourth-order valence-electron chi connectivity index (χ4n) is 1.72. The van der Waals surface area contributed by atoms with E-state index in [0.29, 0.717) is 11.1 Å². The summed E-state index contributed by atoms with van der Waals surface area (Å²) in [6.07, 6.45) is 2.38. The molecule has 92 valence electrons. The van der Waals surface area contributed by atoms with Crippen LogP contribution in [0, 0.1) is 6.92 Å². The first-order valence-electron chi connectivity index (χ1n) is 6.00. The van der Waals surface area contributed by atoms with Crippen molar-refractivity contribution in [1.82, 2.24) is 9.97 Å². The molecule has 1 aromatic heterocycles. The van der Waals surface area contributed by atoms with Gasteiger partial charge in [-0.25, -0.2) is 9.97 Å². The van der Waals surface area contributed by atoms with E-state index in [2.05, 4.69) is 41.2 Å². The quantitative estimate of drug-likeness (QED) is 0.774. The van der Waals surface area contributed by atoms with Crippen LogP contribution in [0.4, 0.5) is 0 Å². The van der Waals surface area contributed by atoms with Gasteiger partial charge in [0.05, 0.1) is 0 Å². The Morgan fingerprint density at radius 1 is 1.17 bits per heavy atom. The van der Waals surface area contributed by atoms with E-state index in [0.717, 1.165) is 10.9 Å². The molecular weight excluding hydrogens is 264 g/mol. The zero-order valence-corrected chi connectivity index (χ0v) is 11.6. The fraction of sp³-hybridized carbons (Fsp3) is 0.286. The number of nitrogens with zero attached hydrogens (tertiary/aromatic N) is 2. The van der Waals surface area contributed by atoms with Crippen molar-refractivity contribution in [3.63, 3.8) is 0 Å². The summed E-state index contributed by atoms with van der Waals surface area (Å²) in [5.41, 5.74) is 1.26. The van der Waals surface area contributed by atoms with Gasteiger partial charge in [-0.15, -0.1) is 0 Å². The van der Waals surface area contributed by atoms with Gasteiger partial charge in [-0.2, -0.15) is 0 Å². The molecule has 0 aliphatic heterocycles. The van der Waals surface area contributed by atoms with Gasteiger partial charge in [0.25, 0.3) is 0 Å². The highest BCUT2D eigenvalue weighted by Gasteiger charge is 2.27. The van der Waals surface area contributed by atoms with Crippen LogP contribution in [0.25, 0.3) is 0 Å². The fourth-order valence-corrected chi connectivity index (χ4v) is 2.80. The summed E-state index contributed by atoms with van der Waals surface area (Å²) in [4.78, 5) is 10.1. The van der Waals surface area contributed by atoms with Crippen LogP contribution in [0.2, 0.25) is 5.15 Å². The summed E-state index contributed by atoms with van der Waals surface area (Å²) in [5, 5.41) is 1.47. The minimum absolute atomic E-state index is 0.529. The Labute approximate surface area is 116 Å². The average molecular weight is 277 g/mol. The number of rotatable bonds is 3. The predicted molar refractivity (Wildman–Crippen MR) is 74.3 cm³/mol. The van der Waals surface area contributed by atoms with Gasteiger partial charge in [0, 0.05) is 16.9 Å². The lowest BCUT2D eigenvalue weighted by Crippen LogP contribution is -1.94. The highest BCUT2D eigenvalue weighted by atomic mass is 35.5. The maximum atomic E-state index is 6.05. The summed E-state index contributed by atoms with van der Waals surface area (Å²) in [7, 11) is 0. The van der Waals surface area contributed by atoms with Crippen molar-refractivity contribution in [3.05, 3.63) is 46.9 Å². The minimum Gasteiger partial charge on any atom is -0.226 e. The molecule has 4 heteroatoms. The second kappa shape index (κ2) is 4.90. The van der Waals surface area contributed by atoms with Crippen molar-refractivity contribution in [2.24, 2.45) is 0 Å². The molecule has 0 unspecified atom stereocenters. The Morgan fingerprint density at radius 3 is 2.56 bits per heavy atom. The number of hydrogen-bond acceptors (Lipinski definition) is 3. The first-order valence-corrected chi connectivity index (χ1v) is 7.19. The minimum atomic E-state index is 0.529. The number of hydrogen-bond donors (Lipinski definition) is 0. The zero-order valence-electron chi connectivity index (χ0n) is 10.1. The van der Waals surface area contributed by atoms with E-state index in [4.69, 9.17) is 11.6 Å². The van der Waals surface area contributed by atoms with Crippen LogP contribution in [0.15, 0.2) is 40.3 Å². The van der Waals surface area contributed by atoms with E-state index < -0.39 is 0 Å². The number of aromatic nitrogens is 2. The van der Waals surface area contributed by atoms with Gasteiger partial charge >= 0.3 is 0 Å². The smallest absolute Gasteiger partial charge is 0.134 e. The van der Waals surface area contributed by atoms with E-state index >= 15 is 0 Å². The van der Waals surface area contributed by atoms with Crippen LogP contribution in [-0.2, 0) is 0 Å². The lowest BCUT2D eigenvalue weighted by molar-refractivity contribution is 0.878. The molecule has 1 aromatic carbocycles. The molecule has 0 saturated heterocycles. The zero-order chi connectivity index (χ0) is 12.5. The number of aryl methyl sites for hydroxylation is 1. The van der Waals surface area contributed by atoms with Crippen molar-refractivity contribution in [2.75, 3.05) is 0 Å². The molecule has 0 bridgehead atoms. The third-order valence-electron chi connectivity index (χ3n) is 2.87. The summed E-state index contributed by atoms with van der Waals surface area (Å²) >= 11 is 7.68. The molecule has 1 aliphatic carbocycles. The second-order valence-electron chi connectivity index (χ2n) is 4.58.